The van der Waals surface area contributed by atoms with Gasteiger partial charge in [-0.25, -0.2) is 4.79 Å². The number of ether oxygens (including phenoxy) is 4. The molecular weight excluding hydrogens is 320 g/mol. The maximum atomic E-state index is 12.3. The average Bonchev–Trinajstić information content (AvgIpc) is 2.59. The van der Waals surface area contributed by atoms with Crippen LogP contribution in [0.4, 0.5) is 0 Å². The van der Waals surface area contributed by atoms with Crippen LogP contribution in [0.5, 0.6) is 17.2 Å². The second-order valence-corrected chi connectivity index (χ2v) is 5.28. The average molecular weight is 335 g/mol. The lowest BCUT2D eigenvalue weighted by Crippen LogP contribution is -2.17. The maximum Gasteiger partial charge on any atom is 0.338 e. The molecule has 1 aliphatic heterocycles. The van der Waals surface area contributed by atoms with E-state index in [0.717, 1.165) is 5.56 Å². The van der Waals surface area contributed by atoms with Crippen molar-refractivity contribution in [2.75, 3.05) is 20.3 Å². The Hall–Kier alpha value is -2.40. The van der Waals surface area contributed by atoms with Gasteiger partial charge in [-0.2, -0.15) is 0 Å². The highest BCUT2D eigenvalue weighted by Crippen LogP contribution is 2.40. The van der Waals surface area contributed by atoms with Gasteiger partial charge in [0.25, 0.3) is 0 Å². The van der Waals surface area contributed by atoms with E-state index in [0.29, 0.717) is 41.0 Å². The Morgan fingerprint density at radius 1 is 1.22 bits per heavy atom. The monoisotopic (exact) mass is 334 g/mol. The Bertz CT molecular complexity index is 712. The Balaban J connectivity index is 1.78. The molecule has 0 unspecified atom stereocenters. The molecule has 0 aliphatic carbocycles. The standard InChI is InChI=1S/C17H15ClO5/c1-20-14-8-12(9-15-16(14)22-7-6-21-15)17(19)23-10-11-4-2-3-5-13(11)18/h2-5,8-9H,6-7,10H2,1H3. The number of esters is 1. The summed E-state index contributed by atoms with van der Waals surface area (Å²) >= 11 is 6.05. The molecule has 0 fully saturated rings. The van der Waals surface area contributed by atoms with Crippen molar-refractivity contribution in [3.05, 3.63) is 52.5 Å². The fourth-order valence-electron chi connectivity index (χ4n) is 2.23. The maximum absolute atomic E-state index is 12.3. The predicted octanol–water partition coefficient (Wildman–Crippen LogP) is 3.48. The van der Waals surface area contributed by atoms with Crippen LogP contribution >= 0.6 is 11.6 Å². The first kappa shape index (κ1) is 15.5. The summed E-state index contributed by atoms with van der Waals surface area (Å²) in [6.07, 6.45) is 0. The number of fused-ring (bicyclic) bond motifs is 1. The Morgan fingerprint density at radius 2 is 2.00 bits per heavy atom. The SMILES string of the molecule is COc1cc(C(=O)OCc2ccccc2Cl)cc2c1OCCO2. The van der Waals surface area contributed by atoms with Crippen molar-refractivity contribution >= 4 is 17.6 Å². The molecule has 1 heterocycles. The Kier molecular flexibility index (Phi) is 4.57. The number of methoxy groups -OCH3 is 1. The third kappa shape index (κ3) is 3.35. The molecule has 0 N–H and O–H groups in total. The number of halogens is 1. The largest absolute Gasteiger partial charge is 0.493 e. The van der Waals surface area contributed by atoms with E-state index in [-0.39, 0.29) is 6.61 Å². The van der Waals surface area contributed by atoms with E-state index >= 15 is 0 Å². The van der Waals surface area contributed by atoms with Gasteiger partial charge in [0.1, 0.15) is 19.8 Å². The summed E-state index contributed by atoms with van der Waals surface area (Å²) in [6, 6.07) is 10.4. The lowest BCUT2D eigenvalue weighted by Gasteiger charge is -2.21. The molecule has 0 aromatic heterocycles. The topological polar surface area (TPSA) is 54.0 Å². The van der Waals surface area contributed by atoms with Gasteiger partial charge in [-0.05, 0) is 18.2 Å². The number of hydrogen-bond donors (Lipinski definition) is 0. The minimum absolute atomic E-state index is 0.0925. The van der Waals surface area contributed by atoms with E-state index in [9.17, 15) is 4.79 Å². The van der Waals surface area contributed by atoms with Crippen molar-refractivity contribution < 1.29 is 23.7 Å². The first-order chi connectivity index (χ1) is 11.2. The quantitative estimate of drug-likeness (QED) is 0.801. The number of carbonyl (C=O) groups is 1. The Morgan fingerprint density at radius 3 is 2.78 bits per heavy atom. The minimum atomic E-state index is -0.486. The summed E-state index contributed by atoms with van der Waals surface area (Å²) in [6.45, 7) is 0.962. The van der Waals surface area contributed by atoms with Crippen LogP contribution in [0.3, 0.4) is 0 Å². The Labute approximate surface area is 138 Å². The van der Waals surface area contributed by atoms with Crippen molar-refractivity contribution in [3.8, 4) is 17.2 Å². The van der Waals surface area contributed by atoms with Crippen molar-refractivity contribution in [1.29, 1.82) is 0 Å². The van der Waals surface area contributed by atoms with Crippen molar-refractivity contribution in [2.24, 2.45) is 0 Å². The van der Waals surface area contributed by atoms with E-state index in [4.69, 9.17) is 30.5 Å². The van der Waals surface area contributed by atoms with E-state index in [2.05, 4.69) is 0 Å². The molecule has 6 heteroatoms. The zero-order valence-electron chi connectivity index (χ0n) is 12.5. The smallest absolute Gasteiger partial charge is 0.338 e. The van der Waals surface area contributed by atoms with E-state index < -0.39 is 5.97 Å². The fourth-order valence-corrected chi connectivity index (χ4v) is 2.42. The summed E-state index contributed by atoms with van der Waals surface area (Å²) in [5.41, 5.74) is 1.07. The van der Waals surface area contributed by atoms with E-state index in [1.54, 1.807) is 24.3 Å². The van der Waals surface area contributed by atoms with Crippen molar-refractivity contribution in [1.82, 2.24) is 0 Å². The molecule has 0 radical (unpaired) electrons. The van der Waals surface area contributed by atoms with Crippen LogP contribution in [0.25, 0.3) is 0 Å². The van der Waals surface area contributed by atoms with Crippen molar-refractivity contribution in [2.45, 2.75) is 6.61 Å². The van der Waals surface area contributed by atoms with E-state index in [1.807, 2.05) is 12.1 Å². The van der Waals surface area contributed by atoms with Gasteiger partial charge < -0.3 is 18.9 Å². The molecule has 5 nitrogen and oxygen atoms in total. The van der Waals surface area contributed by atoms with Crippen LogP contribution in [0.15, 0.2) is 36.4 Å². The first-order valence-electron chi connectivity index (χ1n) is 7.07. The number of hydrogen-bond acceptors (Lipinski definition) is 5. The zero-order valence-corrected chi connectivity index (χ0v) is 13.3. The van der Waals surface area contributed by atoms with Gasteiger partial charge in [0, 0.05) is 10.6 Å². The lowest BCUT2D eigenvalue weighted by molar-refractivity contribution is 0.0471. The third-order valence-corrected chi connectivity index (χ3v) is 3.75. The molecule has 3 rings (SSSR count). The van der Waals surface area contributed by atoms with Gasteiger partial charge in [0.2, 0.25) is 5.75 Å². The third-order valence-electron chi connectivity index (χ3n) is 3.38. The van der Waals surface area contributed by atoms with Crippen LogP contribution in [-0.2, 0) is 11.3 Å². The highest BCUT2D eigenvalue weighted by atomic mass is 35.5. The fraction of sp³-hybridized carbons (Fsp3) is 0.235. The summed E-state index contributed by atoms with van der Waals surface area (Å²) in [4.78, 5) is 12.3. The van der Waals surface area contributed by atoms with Gasteiger partial charge in [-0.15, -0.1) is 0 Å². The molecule has 120 valence electrons. The molecular formula is C17H15ClO5. The summed E-state index contributed by atoms with van der Waals surface area (Å²) in [7, 11) is 1.51. The highest BCUT2D eigenvalue weighted by Gasteiger charge is 2.21. The number of carbonyl (C=O) groups excluding carboxylic acids is 1. The highest BCUT2D eigenvalue weighted by molar-refractivity contribution is 6.31. The van der Waals surface area contributed by atoms with Gasteiger partial charge >= 0.3 is 5.97 Å². The molecule has 0 amide bonds. The molecule has 23 heavy (non-hydrogen) atoms. The molecule has 1 aliphatic rings. The number of benzene rings is 2. The van der Waals surface area contributed by atoms with Gasteiger partial charge in [0.15, 0.2) is 11.5 Å². The molecule has 0 saturated carbocycles. The number of rotatable bonds is 4. The van der Waals surface area contributed by atoms with Crippen LogP contribution in [0.1, 0.15) is 15.9 Å². The van der Waals surface area contributed by atoms with Gasteiger partial charge in [-0.3, -0.25) is 0 Å². The molecule has 0 bridgehead atoms. The zero-order chi connectivity index (χ0) is 16.2. The molecule has 0 atom stereocenters. The van der Waals surface area contributed by atoms with Gasteiger partial charge in [0.05, 0.1) is 12.7 Å². The first-order valence-corrected chi connectivity index (χ1v) is 7.45. The summed E-state index contributed by atoms with van der Waals surface area (Å²) in [5, 5.41) is 0.556. The predicted molar refractivity (Wildman–Crippen MR) is 84.6 cm³/mol. The van der Waals surface area contributed by atoms with Crippen LogP contribution in [0.2, 0.25) is 5.02 Å². The van der Waals surface area contributed by atoms with Crippen LogP contribution in [0, 0.1) is 0 Å². The lowest BCUT2D eigenvalue weighted by atomic mass is 10.1. The summed E-state index contributed by atoms with van der Waals surface area (Å²) < 4.78 is 21.6. The minimum Gasteiger partial charge on any atom is -0.493 e. The van der Waals surface area contributed by atoms with Crippen LogP contribution < -0.4 is 14.2 Å². The molecule has 2 aromatic rings. The van der Waals surface area contributed by atoms with E-state index in [1.165, 1.54) is 7.11 Å². The van der Waals surface area contributed by atoms with Gasteiger partial charge in [-0.1, -0.05) is 29.8 Å². The second kappa shape index (κ2) is 6.79. The summed E-state index contributed by atoms with van der Waals surface area (Å²) in [5.74, 6) is 0.925. The van der Waals surface area contributed by atoms with Crippen molar-refractivity contribution in [3.63, 3.8) is 0 Å². The molecule has 2 aromatic carbocycles. The normalized spacial score (nSPS) is 12.6. The van der Waals surface area contributed by atoms with Crippen LogP contribution in [-0.4, -0.2) is 26.3 Å². The molecule has 0 spiro atoms. The molecule has 0 saturated heterocycles. The second-order valence-electron chi connectivity index (χ2n) is 4.87.